The van der Waals surface area contributed by atoms with E-state index in [-0.39, 0.29) is 0 Å². The topological polar surface area (TPSA) is 69.2 Å². The Morgan fingerprint density at radius 3 is 2.96 bits per heavy atom. The summed E-state index contributed by atoms with van der Waals surface area (Å²) in [4.78, 5) is 6.90. The predicted molar refractivity (Wildman–Crippen MR) is 101 cm³/mol. The molecule has 0 N–H and O–H groups in total. The van der Waals surface area contributed by atoms with Crippen molar-refractivity contribution in [1.29, 1.82) is 0 Å². The Morgan fingerprint density at radius 2 is 2.22 bits per heavy atom. The summed E-state index contributed by atoms with van der Waals surface area (Å²) in [6.45, 7) is 5.50. The third-order valence-corrected chi connectivity index (χ3v) is 5.06. The van der Waals surface area contributed by atoms with Crippen molar-refractivity contribution in [3.05, 3.63) is 59.5 Å². The second kappa shape index (κ2) is 7.92. The molecule has 0 radical (unpaired) electrons. The minimum atomic E-state index is 0.345. The minimum Gasteiger partial charge on any atom is -0.496 e. The number of hydrogen-bond acceptors (Lipinski definition) is 6. The Bertz CT molecular complexity index is 874. The van der Waals surface area contributed by atoms with Gasteiger partial charge in [0, 0.05) is 43.9 Å². The Kier molecular flexibility index (Phi) is 5.20. The van der Waals surface area contributed by atoms with Crippen LogP contribution in [0.3, 0.4) is 0 Å². The summed E-state index contributed by atoms with van der Waals surface area (Å²) in [7, 11) is 1.71. The van der Waals surface area contributed by atoms with Crippen molar-refractivity contribution in [2.75, 3.05) is 20.2 Å². The molecule has 2 aromatic heterocycles. The monoisotopic (exact) mass is 367 g/mol. The van der Waals surface area contributed by atoms with E-state index in [0.29, 0.717) is 18.4 Å². The van der Waals surface area contributed by atoms with Crippen LogP contribution in [-0.4, -0.2) is 45.0 Å². The molecule has 0 bridgehead atoms. The first-order chi connectivity index (χ1) is 13.2. The number of benzene rings is 1. The van der Waals surface area contributed by atoms with Gasteiger partial charge in [-0.3, -0.25) is 9.58 Å². The number of aryl methyl sites for hydroxylation is 1. The molecule has 27 heavy (non-hydrogen) atoms. The zero-order chi connectivity index (χ0) is 18.6. The standard InChI is InChI=1S/C20H25N5O2/c1-15-22-20(23-27-15)17-5-3-9-24(13-17)12-16-6-7-19(26-2)18(11-16)14-25-10-4-8-21-25/h4,6-8,10-11,17H,3,5,9,12-14H2,1-2H3/t17-/m0/s1. The molecule has 3 aromatic rings. The number of ether oxygens (including phenoxy) is 1. The number of hydrogen-bond donors (Lipinski definition) is 0. The zero-order valence-electron chi connectivity index (χ0n) is 15.8. The molecule has 0 spiro atoms. The van der Waals surface area contributed by atoms with Crippen LogP contribution in [0.4, 0.5) is 0 Å². The summed E-state index contributed by atoms with van der Waals surface area (Å²) in [5, 5.41) is 8.43. The van der Waals surface area contributed by atoms with E-state index >= 15 is 0 Å². The minimum absolute atomic E-state index is 0.345. The molecule has 3 heterocycles. The van der Waals surface area contributed by atoms with Gasteiger partial charge in [-0.05, 0) is 43.1 Å². The average Bonchev–Trinajstić information content (AvgIpc) is 3.34. The molecule has 1 aromatic carbocycles. The second-order valence-corrected chi connectivity index (χ2v) is 7.10. The van der Waals surface area contributed by atoms with Gasteiger partial charge in [-0.25, -0.2) is 0 Å². The second-order valence-electron chi connectivity index (χ2n) is 7.10. The molecule has 7 heteroatoms. The highest BCUT2D eigenvalue weighted by atomic mass is 16.5. The lowest BCUT2D eigenvalue weighted by Gasteiger charge is -2.31. The van der Waals surface area contributed by atoms with Crippen LogP contribution in [0.25, 0.3) is 0 Å². The molecule has 1 saturated heterocycles. The van der Waals surface area contributed by atoms with Gasteiger partial charge < -0.3 is 9.26 Å². The van der Waals surface area contributed by atoms with E-state index in [0.717, 1.165) is 49.6 Å². The quantitative estimate of drug-likeness (QED) is 0.667. The summed E-state index contributed by atoms with van der Waals surface area (Å²) >= 11 is 0. The summed E-state index contributed by atoms with van der Waals surface area (Å²) in [6.07, 6.45) is 6.02. The van der Waals surface area contributed by atoms with Crippen LogP contribution < -0.4 is 4.74 Å². The van der Waals surface area contributed by atoms with Gasteiger partial charge in [0.1, 0.15) is 5.75 Å². The van der Waals surface area contributed by atoms with Crippen LogP contribution in [0.1, 0.15) is 41.6 Å². The predicted octanol–water partition coefficient (Wildman–Crippen LogP) is 3.01. The SMILES string of the molecule is COc1ccc(CN2CCC[C@H](c3noc(C)n3)C2)cc1Cn1cccn1. The number of methoxy groups -OCH3 is 1. The smallest absolute Gasteiger partial charge is 0.223 e. The van der Waals surface area contributed by atoms with Crippen LogP contribution >= 0.6 is 0 Å². The lowest BCUT2D eigenvalue weighted by molar-refractivity contribution is 0.194. The summed E-state index contributed by atoms with van der Waals surface area (Å²) in [5.74, 6) is 2.72. The molecule has 0 saturated carbocycles. The van der Waals surface area contributed by atoms with Gasteiger partial charge in [-0.1, -0.05) is 11.2 Å². The highest BCUT2D eigenvalue weighted by Gasteiger charge is 2.25. The lowest BCUT2D eigenvalue weighted by atomic mass is 9.96. The molecule has 1 aliphatic rings. The third kappa shape index (κ3) is 4.19. The number of nitrogens with zero attached hydrogens (tertiary/aromatic N) is 5. The zero-order valence-corrected chi connectivity index (χ0v) is 15.8. The van der Waals surface area contributed by atoms with Crippen molar-refractivity contribution in [3.63, 3.8) is 0 Å². The molecule has 1 aliphatic heterocycles. The highest BCUT2D eigenvalue weighted by molar-refractivity contribution is 5.37. The van der Waals surface area contributed by atoms with E-state index in [1.54, 1.807) is 13.3 Å². The van der Waals surface area contributed by atoms with E-state index in [9.17, 15) is 0 Å². The lowest BCUT2D eigenvalue weighted by Crippen LogP contribution is -2.34. The van der Waals surface area contributed by atoms with E-state index in [2.05, 4.69) is 38.3 Å². The van der Waals surface area contributed by atoms with E-state index in [4.69, 9.17) is 9.26 Å². The van der Waals surface area contributed by atoms with Crippen molar-refractivity contribution in [2.45, 2.75) is 38.8 Å². The van der Waals surface area contributed by atoms with Gasteiger partial charge in [0.25, 0.3) is 0 Å². The van der Waals surface area contributed by atoms with Gasteiger partial charge in [0.15, 0.2) is 5.82 Å². The van der Waals surface area contributed by atoms with Crippen LogP contribution in [0.15, 0.2) is 41.2 Å². The van der Waals surface area contributed by atoms with Crippen molar-refractivity contribution in [1.82, 2.24) is 24.8 Å². The molecule has 1 fully saturated rings. The third-order valence-electron chi connectivity index (χ3n) is 5.06. The van der Waals surface area contributed by atoms with Gasteiger partial charge in [0.2, 0.25) is 5.89 Å². The molecule has 0 unspecified atom stereocenters. The first-order valence-corrected chi connectivity index (χ1v) is 9.37. The molecule has 1 atom stereocenters. The number of likely N-dealkylation sites (tertiary alicyclic amines) is 1. The van der Waals surface area contributed by atoms with Gasteiger partial charge in [-0.2, -0.15) is 10.1 Å². The van der Waals surface area contributed by atoms with E-state index in [1.807, 2.05) is 23.9 Å². The fraction of sp³-hybridized carbons (Fsp3) is 0.450. The summed E-state index contributed by atoms with van der Waals surface area (Å²) in [6, 6.07) is 8.36. The first-order valence-electron chi connectivity index (χ1n) is 9.37. The Labute approximate surface area is 158 Å². The molecule has 142 valence electrons. The number of rotatable bonds is 6. The highest BCUT2D eigenvalue weighted by Crippen LogP contribution is 2.27. The maximum absolute atomic E-state index is 5.53. The summed E-state index contributed by atoms with van der Waals surface area (Å²) < 4.78 is 12.6. The van der Waals surface area contributed by atoms with Gasteiger partial charge in [-0.15, -0.1) is 0 Å². The van der Waals surface area contributed by atoms with Crippen molar-refractivity contribution in [3.8, 4) is 5.75 Å². The fourth-order valence-electron chi connectivity index (χ4n) is 3.77. The fourth-order valence-corrected chi connectivity index (χ4v) is 3.77. The average molecular weight is 367 g/mol. The molecular weight excluding hydrogens is 342 g/mol. The largest absolute Gasteiger partial charge is 0.496 e. The Balaban J connectivity index is 1.46. The van der Waals surface area contributed by atoms with Crippen molar-refractivity contribution >= 4 is 0 Å². The van der Waals surface area contributed by atoms with Crippen molar-refractivity contribution in [2.24, 2.45) is 0 Å². The maximum atomic E-state index is 5.53. The molecule has 0 amide bonds. The molecule has 0 aliphatic carbocycles. The molecular formula is C20H25N5O2. The van der Waals surface area contributed by atoms with E-state index < -0.39 is 0 Å². The normalized spacial score (nSPS) is 17.9. The number of piperidine rings is 1. The van der Waals surface area contributed by atoms with Crippen LogP contribution in [0, 0.1) is 6.92 Å². The summed E-state index contributed by atoms with van der Waals surface area (Å²) in [5.41, 5.74) is 2.42. The molecule has 4 rings (SSSR count). The maximum Gasteiger partial charge on any atom is 0.223 e. The van der Waals surface area contributed by atoms with Crippen LogP contribution in [-0.2, 0) is 13.1 Å². The Morgan fingerprint density at radius 1 is 1.30 bits per heavy atom. The first kappa shape index (κ1) is 17.7. The van der Waals surface area contributed by atoms with Gasteiger partial charge in [0.05, 0.1) is 13.7 Å². The van der Waals surface area contributed by atoms with E-state index in [1.165, 1.54) is 5.56 Å². The van der Waals surface area contributed by atoms with Crippen LogP contribution in [0.2, 0.25) is 0 Å². The number of aromatic nitrogens is 4. The van der Waals surface area contributed by atoms with Crippen LogP contribution in [0.5, 0.6) is 5.75 Å². The van der Waals surface area contributed by atoms with Gasteiger partial charge >= 0.3 is 0 Å². The van der Waals surface area contributed by atoms with Crippen molar-refractivity contribution < 1.29 is 9.26 Å². The molecule has 7 nitrogen and oxygen atoms in total. The Hall–Kier alpha value is -2.67.